The van der Waals surface area contributed by atoms with Crippen molar-refractivity contribution in [2.45, 2.75) is 0 Å². The van der Waals surface area contributed by atoms with Gasteiger partial charge in [-0.2, -0.15) is 0 Å². The lowest BCUT2D eigenvalue weighted by atomic mass is 9.95. The summed E-state index contributed by atoms with van der Waals surface area (Å²) in [5, 5.41) is 4.62. The highest BCUT2D eigenvalue weighted by Gasteiger charge is 2.25. The molecule has 10 aromatic rings. The second-order valence-corrected chi connectivity index (χ2v) is 13.3. The largest absolute Gasteiger partial charge is 0.309 e. The first kappa shape index (κ1) is 31.0. The number of para-hydroxylation sites is 3. The van der Waals surface area contributed by atoms with E-state index in [2.05, 4.69) is 128 Å². The lowest BCUT2D eigenvalue weighted by Gasteiger charge is -2.16. The summed E-state index contributed by atoms with van der Waals surface area (Å²) in [7, 11) is 0. The molecule has 0 aliphatic heterocycles. The third-order valence-corrected chi connectivity index (χ3v) is 10.3. The van der Waals surface area contributed by atoms with Gasteiger partial charge in [-0.05, 0) is 70.8 Å². The van der Waals surface area contributed by atoms with Gasteiger partial charge in [-0.15, -0.1) is 0 Å². The van der Waals surface area contributed by atoms with Gasteiger partial charge in [0.05, 0.1) is 46.6 Å². The first-order valence-corrected chi connectivity index (χ1v) is 17.8. The predicted molar refractivity (Wildman–Crippen MR) is 222 cm³/mol. The fourth-order valence-corrected chi connectivity index (χ4v) is 8.00. The minimum Gasteiger partial charge on any atom is -0.309 e. The van der Waals surface area contributed by atoms with E-state index in [0.717, 1.165) is 60.9 Å². The minimum absolute atomic E-state index is 0.364. The normalized spacial score (nSPS) is 11.3. The Bertz CT molecular complexity index is 3150. The van der Waals surface area contributed by atoms with Gasteiger partial charge in [0.2, 0.25) is 11.4 Å². The van der Waals surface area contributed by atoms with E-state index in [1.807, 2.05) is 66.7 Å². The van der Waals surface area contributed by atoms with Crippen LogP contribution in [0.5, 0.6) is 0 Å². The van der Waals surface area contributed by atoms with E-state index >= 15 is 0 Å². The lowest BCUT2D eigenvalue weighted by molar-refractivity contribution is 1.16. The van der Waals surface area contributed by atoms with Crippen LogP contribution in [0.15, 0.2) is 176 Å². The zero-order valence-corrected chi connectivity index (χ0v) is 29.0. The van der Waals surface area contributed by atoms with Crippen LogP contribution in [0.2, 0.25) is 0 Å². The monoisotopic (exact) mass is 687 g/mol. The summed E-state index contributed by atoms with van der Waals surface area (Å²) in [5.74, 6) is 0. The van der Waals surface area contributed by atoms with Crippen LogP contribution in [0, 0.1) is 13.1 Å². The Morgan fingerprint density at radius 3 is 1.43 bits per heavy atom. The Balaban J connectivity index is 1.31. The highest BCUT2D eigenvalue weighted by Crippen LogP contribution is 2.49. The van der Waals surface area contributed by atoms with E-state index in [4.69, 9.17) is 18.1 Å². The third-order valence-electron chi connectivity index (χ3n) is 10.3. The summed E-state index contributed by atoms with van der Waals surface area (Å²) in [6, 6.07) is 60.2. The van der Waals surface area contributed by atoms with Crippen LogP contribution in [-0.4, -0.2) is 14.1 Å². The van der Waals surface area contributed by atoms with Gasteiger partial charge in [0, 0.05) is 32.9 Å². The van der Waals surface area contributed by atoms with Crippen molar-refractivity contribution in [2.24, 2.45) is 0 Å². The van der Waals surface area contributed by atoms with Gasteiger partial charge in [-0.25, -0.2) is 9.69 Å². The van der Waals surface area contributed by atoms with Crippen molar-refractivity contribution in [3.8, 4) is 45.0 Å². The Labute approximate surface area is 311 Å². The molecule has 0 aliphatic rings. The fourth-order valence-electron chi connectivity index (χ4n) is 8.00. The molecule has 0 saturated carbocycles. The zero-order valence-electron chi connectivity index (χ0n) is 29.0. The molecule has 54 heavy (non-hydrogen) atoms. The number of hydrogen-bond donors (Lipinski definition) is 0. The van der Waals surface area contributed by atoms with E-state index in [9.17, 15) is 0 Å². The Kier molecular flexibility index (Phi) is 7.18. The maximum Gasteiger partial charge on any atom is 0.210 e. The summed E-state index contributed by atoms with van der Waals surface area (Å²) in [6.07, 6.45) is 0. The molecule has 0 N–H and O–H groups in total. The number of aromatic nitrogens is 3. The van der Waals surface area contributed by atoms with Crippen LogP contribution in [0.3, 0.4) is 0 Å². The van der Waals surface area contributed by atoms with Gasteiger partial charge in [-0.1, -0.05) is 127 Å². The molecule has 250 valence electrons. The molecule has 0 atom stereocenters. The number of fused-ring (bicyclic) bond motifs is 6. The number of rotatable bonds is 5. The molecule has 0 bridgehead atoms. The Hall–Kier alpha value is -7.73. The van der Waals surface area contributed by atoms with E-state index in [1.165, 1.54) is 10.8 Å². The minimum atomic E-state index is 0.364. The van der Waals surface area contributed by atoms with Gasteiger partial charge >= 0.3 is 0 Å². The molecule has 0 radical (unpaired) electrons. The smallest absolute Gasteiger partial charge is 0.210 e. The number of hydrogen-bond acceptors (Lipinski definition) is 1. The van der Waals surface area contributed by atoms with Gasteiger partial charge in [0.15, 0.2) is 0 Å². The van der Waals surface area contributed by atoms with Crippen LogP contribution in [-0.2, 0) is 0 Å². The topological polar surface area (TPSA) is 31.5 Å². The molecular formula is C49H29N5. The molecule has 10 rings (SSSR count). The van der Waals surface area contributed by atoms with Crippen LogP contribution in [0.25, 0.3) is 98.3 Å². The molecule has 3 aromatic heterocycles. The number of pyridine rings is 1. The van der Waals surface area contributed by atoms with E-state index in [-0.39, 0.29) is 0 Å². The standard InChI is InChI=1S/C49H29N5/c1-50-48-45(32-17-7-3-8-18-32)49(51-2)47(52-46(48)33-19-9-4-10-20-33)34-27-28-38-40-30-39-37-25-15-16-26-41(37)53(35-21-11-5-12-22-35)43(39)31-44(40)54(42(38)29-34)36-23-13-6-14-24-36/h3-31H. The quantitative estimate of drug-likeness (QED) is 0.166. The SMILES string of the molecule is [C-]#[N+]c1c(-c2ccccc2)nc(-c2ccc3c4cc5c6ccccc6n(-c6ccccc6)c5cc4n(-c4ccccc4)c3c2)c([N+]#[C-])c1-c1ccccc1. The summed E-state index contributed by atoms with van der Waals surface area (Å²) in [4.78, 5) is 13.3. The first-order valence-electron chi connectivity index (χ1n) is 17.8. The van der Waals surface area contributed by atoms with Gasteiger partial charge in [0.1, 0.15) is 0 Å². The summed E-state index contributed by atoms with van der Waals surface area (Å²) < 4.78 is 4.67. The molecular weight excluding hydrogens is 659 g/mol. The molecule has 0 spiro atoms. The van der Waals surface area contributed by atoms with Crippen LogP contribution >= 0.6 is 0 Å². The van der Waals surface area contributed by atoms with Crippen LogP contribution < -0.4 is 0 Å². The van der Waals surface area contributed by atoms with Gasteiger partial charge in [0.25, 0.3) is 0 Å². The molecule has 0 amide bonds. The van der Waals surface area contributed by atoms with E-state index in [0.29, 0.717) is 28.3 Å². The third kappa shape index (κ3) is 4.74. The van der Waals surface area contributed by atoms with Crippen LogP contribution in [0.4, 0.5) is 11.4 Å². The second kappa shape index (κ2) is 12.5. The fraction of sp³-hybridized carbons (Fsp3) is 0. The number of nitrogens with zero attached hydrogens (tertiary/aromatic N) is 5. The summed E-state index contributed by atoms with van der Waals surface area (Å²) in [5.41, 5.74) is 11.4. The van der Waals surface area contributed by atoms with Crippen LogP contribution in [0.1, 0.15) is 0 Å². The average molecular weight is 688 g/mol. The van der Waals surface area contributed by atoms with Crippen molar-refractivity contribution in [3.63, 3.8) is 0 Å². The van der Waals surface area contributed by atoms with E-state index < -0.39 is 0 Å². The highest BCUT2D eigenvalue weighted by atomic mass is 15.0. The highest BCUT2D eigenvalue weighted by molar-refractivity contribution is 6.19. The maximum absolute atomic E-state index is 8.50. The van der Waals surface area contributed by atoms with E-state index in [1.54, 1.807) is 0 Å². The summed E-state index contributed by atoms with van der Waals surface area (Å²) in [6.45, 7) is 16.8. The van der Waals surface area contributed by atoms with Crippen molar-refractivity contribution < 1.29 is 0 Å². The van der Waals surface area contributed by atoms with Crippen molar-refractivity contribution in [3.05, 3.63) is 199 Å². The average Bonchev–Trinajstić information content (AvgIpc) is 3.74. The summed E-state index contributed by atoms with van der Waals surface area (Å²) >= 11 is 0. The molecule has 7 aromatic carbocycles. The van der Waals surface area contributed by atoms with Crippen molar-refractivity contribution in [2.75, 3.05) is 0 Å². The molecule has 5 heteroatoms. The molecule has 0 unspecified atom stereocenters. The predicted octanol–water partition coefficient (Wildman–Crippen LogP) is 13.4. The molecule has 0 aliphatic carbocycles. The van der Waals surface area contributed by atoms with Crippen molar-refractivity contribution in [1.29, 1.82) is 0 Å². The molecule has 5 nitrogen and oxygen atoms in total. The molecule has 3 heterocycles. The Morgan fingerprint density at radius 2 is 0.833 bits per heavy atom. The lowest BCUT2D eigenvalue weighted by Crippen LogP contribution is -1.96. The van der Waals surface area contributed by atoms with Gasteiger partial charge in [-0.3, -0.25) is 4.98 Å². The molecule has 0 fully saturated rings. The van der Waals surface area contributed by atoms with Crippen molar-refractivity contribution in [1.82, 2.24) is 14.1 Å². The zero-order chi connectivity index (χ0) is 36.2. The second-order valence-electron chi connectivity index (χ2n) is 13.3. The van der Waals surface area contributed by atoms with Gasteiger partial charge < -0.3 is 9.13 Å². The molecule has 0 saturated heterocycles. The number of benzene rings is 7. The van der Waals surface area contributed by atoms with Crippen molar-refractivity contribution >= 4 is 55.0 Å². The Morgan fingerprint density at radius 1 is 0.370 bits per heavy atom. The maximum atomic E-state index is 8.50. The first-order chi connectivity index (χ1) is 26.7.